The first-order valence-electron chi connectivity index (χ1n) is 4.62. The first-order chi connectivity index (χ1) is 5.93. The molecule has 0 aromatic carbocycles. The van der Waals surface area contributed by atoms with E-state index in [0.29, 0.717) is 6.54 Å². The maximum absolute atomic E-state index is 8.04. The van der Waals surface area contributed by atoms with Crippen LogP contribution in [0, 0.1) is 0 Å². The summed E-state index contributed by atoms with van der Waals surface area (Å²) in [5.41, 5.74) is 9.61. The topological polar surface area (TPSA) is 48.8 Å². The number of hydrogen-bond acceptors (Lipinski definition) is 1. The summed E-state index contributed by atoms with van der Waals surface area (Å²) in [6, 6.07) is 0. The summed E-state index contributed by atoms with van der Waals surface area (Å²) in [5, 5.41) is 3.49. The van der Waals surface area contributed by atoms with Gasteiger partial charge in [-0.05, 0) is 37.6 Å². The van der Waals surface area contributed by atoms with Crippen molar-refractivity contribution in [3.8, 4) is 0 Å². The van der Waals surface area contributed by atoms with Crippen molar-refractivity contribution in [2.24, 2.45) is 5.11 Å². The Morgan fingerprint density at radius 3 is 2.75 bits per heavy atom. The normalized spacial score (nSPS) is 16.8. The zero-order valence-electron chi connectivity index (χ0n) is 7.37. The van der Waals surface area contributed by atoms with Crippen LogP contribution in [0.15, 0.2) is 16.8 Å². The summed E-state index contributed by atoms with van der Waals surface area (Å²) in [6.45, 7) is 0.611. The maximum Gasteiger partial charge on any atom is 0.0292 e. The van der Waals surface area contributed by atoms with E-state index in [9.17, 15) is 0 Å². The molecule has 1 aliphatic carbocycles. The van der Waals surface area contributed by atoms with Crippen LogP contribution >= 0.6 is 0 Å². The Balaban J connectivity index is 2.20. The van der Waals surface area contributed by atoms with Crippen molar-refractivity contribution in [2.75, 3.05) is 6.54 Å². The Hall–Kier alpha value is -0.950. The monoisotopic (exact) mass is 165 g/mol. The Morgan fingerprint density at radius 2 is 2.08 bits per heavy atom. The van der Waals surface area contributed by atoms with Gasteiger partial charge in [0.25, 0.3) is 0 Å². The molecule has 1 rings (SSSR count). The lowest BCUT2D eigenvalue weighted by Gasteiger charge is -2.12. The molecule has 0 atom stereocenters. The van der Waals surface area contributed by atoms with Crippen molar-refractivity contribution >= 4 is 0 Å². The Morgan fingerprint density at radius 1 is 1.33 bits per heavy atom. The van der Waals surface area contributed by atoms with Crippen molar-refractivity contribution < 1.29 is 0 Å². The molecular formula is C9H15N3. The van der Waals surface area contributed by atoms with Gasteiger partial charge in [0.1, 0.15) is 0 Å². The fourth-order valence-electron chi connectivity index (χ4n) is 1.58. The third-order valence-corrected chi connectivity index (χ3v) is 2.22. The molecule has 0 spiro atoms. The first kappa shape index (κ1) is 9.14. The van der Waals surface area contributed by atoms with Crippen LogP contribution in [0.25, 0.3) is 10.4 Å². The highest BCUT2D eigenvalue weighted by molar-refractivity contribution is 5.04. The van der Waals surface area contributed by atoms with Crippen LogP contribution < -0.4 is 0 Å². The van der Waals surface area contributed by atoms with Crippen LogP contribution in [0.3, 0.4) is 0 Å². The second-order valence-corrected chi connectivity index (χ2v) is 3.17. The predicted molar refractivity (Wildman–Crippen MR) is 49.8 cm³/mol. The van der Waals surface area contributed by atoms with E-state index in [0.717, 1.165) is 6.42 Å². The van der Waals surface area contributed by atoms with Gasteiger partial charge in [-0.15, -0.1) is 0 Å². The van der Waals surface area contributed by atoms with E-state index >= 15 is 0 Å². The minimum Gasteiger partial charge on any atom is -0.0937 e. The lowest BCUT2D eigenvalue weighted by molar-refractivity contribution is 0.596. The molecule has 0 aromatic heterocycles. The van der Waals surface area contributed by atoms with Gasteiger partial charge in [-0.3, -0.25) is 0 Å². The second kappa shape index (κ2) is 5.67. The maximum atomic E-state index is 8.04. The quantitative estimate of drug-likeness (QED) is 0.202. The lowest BCUT2D eigenvalue weighted by atomic mass is 9.94. The molecule has 1 saturated carbocycles. The number of nitrogens with zero attached hydrogens (tertiary/aromatic N) is 3. The van der Waals surface area contributed by atoms with Crippen molar-refractivity contribution in [1.82, 2.24) is 0 Å². The molecule has 0 saturated heterocycles. The van der Waals surface area contributed by atoms with Gasteiger partial charge in [0, 0.05) is 11.5 Å². The summed E-state index contributed by atoms with van der Waals surface area (Å²) in [5.74, 6) is 0. The standard InChI is InChI=1S/C9H15N3/c10-12-11-8-4-7-9-5-2-1-3-6-9/h7H,1-6,8H2. The van der Waals surface area contributed by atoms with Crippen LogP contribution in [0.4, 0.5) is 0 Å². The smallest absolute Gasteiger partial charge is 0.0292 e. The van der Waals surface area contributed by atoms with Gasteiger partial charge in [0.2, 0.25) is 0 Å². The van der Waals surface area contributed by atoms with E-state index in [4.69, 9.17) is 5.53 Å². The van der Waals surface area contributed by atoms with Crippen molar-refractivity contribution in [2.45, 2.75) is 38.5 Å². The third kappa shape index (κ3) is 3.44. The van der Waals surface area contributed by atoms with Gasteiger partial charge in [-0.1, -0.05) is 23.2 Å². The highest BCUT2D eigenvalue weighted by Crippen LogP contribution is 2.22. The minimum atomic E-state index is 0.611. The molecule has 0 radical (unpaired) electrons. The fourth-order valence-corrected chi connectivity index (χ4v) is 1.58. The van der Waals surface area contributed by atoms with E-state index in [1.807, 2.05) is 0 Å². The molecule has 66 valence electrons. The van der Waals surface area contributed by atoms with Crippen LogP contribution in [-0.4, -0.2) is 6.54 Å². The molecule has 0 aliphatic heterocycles. The number of rotatable bonds is 3. The average Bonchev–Trinajstić information content (AvgIpc) is 2.14. The van der Waals surface area contributed by atoms with Gasteiger partial charge >= 0.3 is 0 Å². The van der Waals surface area contributed by atoms with E-state index in [-0.39, 0.29) is 0 Å². The molecule has 3 nitrogen and oxygen atoms in total. The summed E-state index contributed by atoms with van der Waals surface area (Å²) < 4.78 is 0. The van der Waals surface area contributed by atoms with Gasteiger partial charge in [0.15, 0.2) is 0 Å². The third-order valence-electron chi connectivity index (χ3n) is 2.22. The molecule has 0 bridgehead atoms. The summed E-state index contributed by atoms with van der Waals surface area (Å²) >= 11 is 0. The molecular weight excluding hydrogens is 150 g/mol. The van der Waals surface area contributed by atoms with Gasteiger partial charge in [-0.25, -0.2) is 0 Å². The first-order valence-corrected chi connectivity index (χ1v) is 4.62. The highest BCUT2D eigenvalue weighted by Gasteiger charge is 2.03. The van der Waals surface area contributed by atoms with E-state index < -0.39 is 0 Å². The Kier molecular flexibility index (Phi) is 4.32. The largest absolute Gasteiger partial charge is 0.0937 e. The molecule has 0 unspecified atom stereocenters. The zero-order valence-corrected chi connectivity index (χ0v) is 7.37. The average molecular weight is 165 g/mol. The zero-order chi connectivity index (χ0) is 8.65. The van der Waals surface area contributed by atoms with Crippen LogP contribution in [0.1, 0.15) is 38.5 Å². The van der Waals surface area contributed by atoms with E-state index in [1.165, 1.54) is 32.1 Å². The molecule has 1 fully saturated rings. The summed E-state index contributed by atoms with van der Waals surface area (Å²) in [4.78, 5) is 2.71. The molecule has 1 aliphatic rings. The van der Waals surface area contributed by atoms with E-state index in [2.05, 4.69) is 16.1 Å². The lowest BCUT2D eigenvalue weighted by Crippen LogP contribution is -1.93. The molecule has 0 amide bonds. The fraction of sp³-hybridized carbons (Fsp3) is 0.778. The summed E-state index contributed by atoms with van der Waals surface area (Å²) in [6.07, 6.45) is 9.74. The van der Waals surface area contributed by atoms with E-state index in [1.54, 1.807) is 5.57 Å². The molecule has 0 heterocycles. The molecule has 12 heavy (non-hydrogen) atoms. The van der Waals surface area contributed by atoms with Gasteiger partial charge < -0.3 is 0 Å². The molecule has 0 N–H and O–H groups in total. The Labute approximate surface area is 73.1 Å². The number of azide groups is 1. The van der Waals surface area contributed by atoms with Crippen molar-refractivity contribution in [3.05, 3.63) is 22.1 Å². The van der Waals surface area contributed by atoms with Crippen molar-refractivity contribution in [1.29, 1.82) is 0 Å². The number of allylic oxidation sites excluding steroid dienone is 1. The minimum absolute atomic E-state index is 0.611. The number of hydrogen-bond donors (Lipinski definition) is 0. The summed E-state index contributed by atoms with van der Waals surface area (Å²) in [7, 11) is 0. The van der Waals surface area contributed by atoms with Gasteiger partial charge in [-0.2, -0.15) is 0 Å². The second-order valence-electron chi connectivity index (χ2n) is 3.17. The van der Waals surface area contributed by atoms with Crippen LogP contribution in [0.2, 0.25) is 0 Å². The van der Waals surface area contributed by atoms with Crippen LogP contribution in [0.5, 0.6) is 0 Å². The molecule has 0 aromatic rings. The van der Waals surface area contributed by atoms with Crippen molar-refractivity contribution in [3.63, 3.8) is 0 Å². The molecule has 3 heteroatoms. The Bertz CT molecular complexity index is 194. The van der Waals surface area contributed by atoms with Crippen LogP contribution in [-0.2, 0) is 0 Å². The predicted octanol–water partition coefficient (Wildman–Crippen LogP) is 3.58. The van der Waals surface area contributed by atoms with Gasteiger partial charge in [0.05, 0.1) is 0 Å². The SMILES string of the molecule is [N-]=[N+]=NCCC=C1CCCCC1. The highest BCUT2D eigenvalue weighted by atomic mass is 15.1.